The molecule has 1 unspecified atom stereocenters. The number of ether oxygens (including phenoxy) is 1. The highest BCUT2D eigenvalue weighted by Gasteiger charge is 2.59. The minimum Gasteiger partial charge on any atom is -0.484 e. The van der Waals surface area contributed by atoms with Gasteiger partial charge in [-0.2, -0.15) is 13.2 Å². The number of hydrogen-bond donors (Lipinski definition) is 1. The summed E-state index contributed by atoms with van der Waals surface area (Å²) in [6.07, 6.45) is -2.39. The van der Waals surface area contributed by atoms with Crippen LogP contribution in [0.5, 0.6) is 5.75 Å². The monoisotopic (exact) mass is 357 g/mol. The molecule has 136 valence electrons. The Bertz CT molecular complexity index is 663. The summed E-state index contributed by atoms with van der Waals surface area (Å²) in [5.41, 5.74) is 0.221. The third-order valence-corrected chi connectivity index (χ3v) is 5.04. The Balaban J connectivity index is 1.54. The molecule has 1 heterocycles. The van der Waals surface area contributed by atoms with Crippen molar-refractivity contribution in [2.24, 2.45) is 11.3 Å². The molecule has 1 spiro atoms. The molecule has 1 saturated carbocycles. The normalized spacial score (nSPS) is 21.9. The minimum atomic E-state index is -4.41. The maximum Gasteiger partial charge on any atom is 0.422 e. The van der Waals surface area contributed by atoms with E-state index in [2.05, 4.69) is 4.74 Å². The van der Waals surface area contributed by atoms with E-state index >= 15 is 0 Å². The number of benzene rings is 1. The third kappa shape index (κ3) is 3.88. The van der Waals surface area contributed by atoms with Gasteiger partial charge in [0.25, 0.3) is 5.91 Å². The first kappa shape index (κ1) is 17.6. The molecular formula is C17H18F3NO4. The van der Waals surface area contributed by atoms with Gasteiger partial charge in [0.05, 0.1) is 5.92 Å². The second kappa shape index (κ2) is 6.24. The lowest BCUT2D eigenvalue weighted by molar-refractivity contribution is -0.153. The predicted molar refractivity (Wildman–Crippen MR) is 81.3 cm³/mol. The molecule has 1 N–H and O–H groups in total. The van der Waals surface area contributed by atoms with Gasteiger partial charge < -0.3 is 14.7 Å². The van der Waals surface area contributed by atoms with Crippen molar-refractivity contribution in [3.05, 3.63) is 29.8 Å². The number of nitrogens with zero attached hydrogens (tertiary/aromatic N) is 1. The van der Waals surface area contributed by atoms with E-state index in [1.807, 2.05) is 0 Å². The Morgan fingerprint density at radius 1 is 1.20 bits per heavy atom. The topological polar surface area (TPSA) is 66.8 Å². The zero-order valence-corrected chi connectivity index (χ0v) is 13.4. The zero-order chi connectivity index (χ0) is 18.2. The molecule has 5 nitrogen and oxygen atoms in total. The molecule has 0 aromatic heterocycles. The molecule has 3 rings (SSSR count). The summed E-state index contributed by atoms with van der Waals surface area (Å²) in [5, 5.41) is 9.08. The molecular weight excluding hydrogens is 339 g/mol. The van der Waals surface area contributed by atoms with E-state index in [1.165, 1.54) is 24.3 Å². The first-order chi connectivity index (χ1) is 11.7. The highest BCUT2D eigenvalue weighted by Crippen LogP contribution is 2.59. The number of hydrogen-bond acceptors (Lipinski definition) is 3. The Morgan fingerprint density at radius 2 is 1.80 bits per heavy atom. The number of likely N-dealkylation sites (tertiary alicyclic amines) is 1. The number of carbonyl (C=O) groups is 2. The van der Waals surface area contributed by atoms with Crippen molar-refractivity contribution in [3.63, 3.8) is 0 Å². The van der Waals surface area contributed by atoms with Crippen LogP contribution >= 0.6 is 0 Å². The highest BCUT2D eigenvalue weighted by atomic mass is 19.4. The van der Waals surface area contributed by atoms with Gasteiger partial charge in [-0.15, -0.1) is 0 Å². The minimum absolute atomic E-state index is 0.0498. The van der Waals surface area contributed by atoms with Crippen LogP contribution < -0.4 is 4.74 Å². The summed E-state index contributed by atoms with van der Waals surface area (Å²) in [6.45, 7) is -0.386. The number of aliphatic carboxylic acids is 1. The maximum atomic E-state index is 12.5. The standard InChI is InChI=1S/C17H18F3NO4/c18-17(19,20)10-25-12-3-1-11(2-4-12)14(22)21-7-5-16(6-8-21)9-13(16)15(23)24/h1-4,13H,5-10H2,(H,23,24). The number of alkyl halides is 3. The summed E-state index contributed by atoms with van der Waals surface area (Å²) < 4.78 is 41.0. The smallest absolute Gasteiger partial charge is 0.422 e. The summed E-state index contributed by atoms with van der Waals surface area (Å²) in [6, 6.07) is 5.56. The number of carboxylic acid groups (broad SMARTS) is 1. The van der Waals surface area contributed by atoms with E-state index in [0.717, 1.165) is 0 Å². The number of piperidine rings is 1. The zero-order valence-electron chi connectivity index (χ0n) is 13.4. The van der Waals surface area contributed by atoms with Crippen LogP contribution in [0.2, 0.25) is 0 Å². The van der Waals surface area contributed by atoms with E-state index < -0.39 is 18.8 Å². The van der Waals surface area contributed by atoms with Crippen LogP contribution in [0.4, 0.5) is 13.2 Å². The van der Waals surface area contributed by atoms with Crippen molar-refractivity contribution < 1.29 is 32.6 Å². The van der Waals surface area contributed by atoms with Crippen molar-refractivity contribution in [1.82, 2.24) is 4.90 Å². The lowest BCUT2D eigenvalue weighted by atomic mass is 9.90. The lowest BCUT2D eigenvalue weighted by Gasteiger charge is -2.32. The summed E-state index contributed by atoms with van der Waals surface area (Å²) in [5.74, 6) is -1.22. The molecule has 1 saturated heterocycles. The molecule has 2 fully saturated rings. The highest BCUT2D eigenvalue weighted by molar-refractivity contribution is 5.94. The Morgan fingerprint density at radius 3 is 2.28 bits per heavy atom. The van der Waals surface area contributed by atoms with Gasteiger partial charge in [-0.25, -0.2) is 0 Å². The molecule has 1 aliphatic heterocycles. The van der Waals surface area contributed by atoms with Crippen molar-refractivity contribution >= 4 is 11.9 Å². The summed E-state index contributed by atoms with van der Waals surface area (Å²) >= 11 is 0. The molecule has 1 atom stereocenters. The van der Waals surface area contributed by atoms with Gasteiger partial charge in [0, 0.05) is 18.7 Å². The van der Waals surface area contributed by atoms with Gasteiger partial charge in [-0.1, -0.05) is 0 Å². The largest absolute Gasteiger partial charge is 0.484 e. The van der Waals surface area contributed by atoms with Crippen molar-refractivity contribution in [1.29, 1.82) is 0 Å². The summed E-state index contributed by atoms with van der Waals surface area (Å²) in [4.78, 5) is 25.2. The van der Waals surface area contributed by atoms with E-state index in [4.69, 9.17) is 5.11 Å². The van der Waals surface area contributed by atoms with Crippen LogP contribution in [0.25, 0.3) is 0 Å². The SMILES string of the molecule is O=C(O)C1CC12CCN(C(=O)c1ccc(OCC(F)(F)F)cc1)CC2. The van der Waals surface area contributed by atoms with Crippen LogP contribution in [0, 0.1) is 11.3 Å². The van der Waals surface area contributed by atoms with Crippen molar-refractivity contribution in [2.45, 2.75) is 25.4 Å². The van der Waals surface area contributed by atoms with Gasteiger partial charge in [-0.05, 0) is 48.9 Å². The van der Waals surface area contributed by atoms with E-state index in [9.17, 15) is 22.8 Å². The Hall–Kier alpha value is -2.25. The fourth-order valence-corrected chi connectivity index (χ4v) is 3.45. The second-order valence-electron chi connectivity index (χ2n) is 6.68. The average Bonchev–Trinajstić information content (AvgIpc) is 3.27. The number of amides is 1. The van der Waals surface area contributed by atoms with E-state index in [0.29, 0.717) is 37.9 Å². The molecule has 2 aliphatic rings. The quantitative estimate of drug-likeness (QED) is 0.900. The van der Waals surface area contributed by atoms with Crippen LogP contribution in [0.1, 0.15) is 29.6 Å². The average molecular weight is 357 g/mol. The van der Waals surface area contributed by atoms with Gasteiger partial charge in [0.2, 0.25) is 0 Å². The third-order valence-electron chi connectivity index (χ3n) is 5.04. The second-order valence-corrected chi connectivity index (χ2v) is 6.68. The molecule has 0 bridgehead atoms. The van der Waals surface area contributed by atoms with Gasteiger partial charge in [0.15, 0.2) is 6.61 Å². The molecule has 25 heavy (non-hydrogen) atoms. The van der Waals surface area contributed by atoms with Crippen molar-refractivity contribution in [3.8, 4) is 5.75 Å². The molecule has 1 aliphatic carbocycles. The van der Waals surface area contributed by atoms with E-state index in [-0.39, 0.29) is 23.0 Å². The van der Waals surface area contributed by atoms with Gasteiger partial charge >= 0.3 is 12.1 Å². The number of carbonyl (C=O) groups excluding carboxylic acids is 1. The number of carboxylic acids is 1. The fourth-order valence-electron chi connectivity index (χ4n) is 3.45. The van der Waals surface area contributed by atoms with Crippen LogP contribution in [0.15, 0.2) is 24.3 Å². The first-order valence-corrected chi connectivity index (χ1v) is 8.02. The fraction of sp³-hybridized carbons (Fsp3) is 0.529. The Kier molecular flexibility index (Phi) is 4.38. The predicted octanol–water partition coefficient (Wildman–Crippen LogP) is 2.95. The lowest BCUT2D eigenvalue weighted by Crippen LogP contribution is -2.40. The molecule has 1 aromatic carbocycles. The summed E-state index contributed by atoms with van der Waals surface area (Å²) in [7, 11) is 0. The Labute approximate surface area is 142 Å². The molecule has 8 heteroatoms. The van der Waals surface area contributed by atoms with Gasteiger partial charge in [0.1, 0.15) is 5.75 Å². The molecule has 0 radical (unpaired) electrons. The molecule has 1 amide bonds. The van der Waals surface area contributed by atoms with E-state index in [1.54, 1.807) is 4.90 Å². The van der Waals surface area contributed by atoms with Crippen LogP contribution in [-0.2, 0) is 4.79 Å². The number of rotatable bonds is 4. The van der Waals surface area contributed by atoms with Gasteiger partial charge in [-0.3, -0.25) is 9.59 Å². The molecule has 1 aromatic rings. The first-order valence-electron chi connectivity index (χ1n) is 8.02. The maximum absolute atomic E-state index is 12.5. The van der Waals surface area contributed by atoms with Crippen LogP contribution in [-0.4, -0.2) is 47.8 Å². The number of halogens is 3. The van der Waals surface area contributed by atoms with Crippen LogP contribution in [0.3, 0.4) is 0 Å². The van der Waals surface area contributed by atoms with Crippen molar-refractivity contribution in [2.75, 3.05) is 19.7 Å².